The van der Waals surface area contributed by atoms with E-state index in [0.717, 1.165) is 0 Å². The van der Waals surface area contributed by atoms with Gasteiger partial charge in [0.05, 0.1) is 3.74 Å². The molecule has 1 unspecified atom stereocenters. The molecule has 1 aliphatic rings. The standard InChI is InChI=1S/C5H3Br2ClO3/c6-3(7)1-2(8)5(10)11-4(1)9/h3-4,9H. The smallest absolute Gasteiger partial charge is 0.352 e. The van der Waals surface area contributed by atoms with E-state index in [1.165, 1.54) is 0 Å². The molecule has 0 amide bonds. The molecule has 1 N–H and O–H groups in total. The van der Waals surface area contributed by atoms with Crippen LogP contribution >= 0.6 is 43.5 Å². The third-order valence-corrected chi connectivity index (χ3v) is 2.51. The van der Waals surface area contributed by atoms with Crippen molar-refractivity contribution in [1.29, 1.82) is 0 Å². The fraction of sp³-hybridized carbons (Fsp3) is 0.400. The Balaban J connectivity index is 2.97. The Hall–Kier alpha value is 0.420. The number of cyclic esters (lactones) is 1. The van der Waals surface area contributed by atoms with Crippen LogP contribution in [0.25, 0.3) is 0 Å². The molecule has 0 aromatic heterocycles. The minimum Gasteiger partial charge on any atom is -0.427 e. The van der Waals surface area contributed by atoms with Gasteiger partial charge in [-0.25, -0.2) is 4.79 Å². The second-order valence-electron chi connectivity index (χ2n) is 1.83. The minimum absolute atomic E-state index is 0.0729. The fourth-order valence-electron chi connectivity index (χ4n) is 0.646. The highest BCUT2D eigenvalue weighted by Crippen LogP contribution is 2.32. The van der Waals surface area contributed by atoms with Gasteiger partial charge in [0.25, 0.3) is 0 Å². The lowest BCUT2D eigenvalue weighted by molar-refractivity contribution is -0.151. The number of rotatable bonds is 1. The van der Waals surface area contributed by atoms with Crippen molar-refractivity contribution >= 4 is 49.4 Å². The Labute approximate surface area is 84.6 Å². The van der Waals surface area contributed by atoms with Crippen LogP contribution in [0, 0.1) is 0 Å². The van der Waals surface area contributed by atoms with Crippen LogP contribution in [-0.4, -0.2) is 21.1 Å². The normalized spacial score (nSPS) is 24.8. The Morgan fingerprint density at radius 2 is 2.18 bits per heavy atom. The maximum atomic E-state index is 10.7. The van der Waals surface area contributed by atoms with E-state index in [2.05, 4.69) is 36.6 Å². The predicted molar refractivity (Wildman–Crippen MR) is 46.6 cm³/mol. The van der Waals surface area contributed by atoms with Gasteiger partial charge in [-0.3, -0.25) is 0 Å². The van der Waals surface area contributed by atoms with Crippen molar-refractivity contribution in [2.75, 3.05) is 0 Å². The SMILES string of the molecule is O=C1OC(O)C(C(Br)Br)=C1Cl. The van der Waals surface area contributed by atoms with Crippen molar-refractivity contribution in [3.05, 3.63) is 10.6 Å². The molecule has 1 rings (SSSR count). The highest BCUT2D eigenvalue weighted by Gasteiger charge is 2.34. The summed E-state index contributed by atoms with van der Waals surface area (Å²) in [6.07, 6.45) is -1.24. The van der Waals surface area contributed by atoms with Crippen molar-refractivity contribution in [3.63, 3.8) is 0 Å². The molecule has 6 heteroatoms. The summed E-state index contributed by atoms with van der Waals surface area (Å²) in [5, 5.41) is 8.98. The molecule has 1 atom stereocenters. The van der Waals surface area contributed by atoms with Crippen LogP contribution in [0.15, 0.2) is 10.6 Å². The zero-order valence-electron chi connectivity index (χ0n) is 5.05. The van der Waals surface area contributed by atoms with E-state index >= 15 is 0 Å². The number of carbonyl (C=O) groups excluding carboxylic acids is 1. The zero-order valence-corrected chi connectivity index (χ0v) is 8.98. The number of ether oxygens (including phenoxy) is 1. The lowest BCUT2D eigenvalue weighted by atomic mass is 10.3. The summed E-state index contributed by atoms with van der Waals surface area (Å²) in [7, 11) is 0. The Morgan fingerprint density at radius 3 is 2.36 bits per heavy atom. The van der Waals surface area contributed by atoms with E-state index in [1.807, 2.05) is 0 Å². The average molecular weight is 306 g/mol. The molecular weight excluding hydrogens is 303 g/mol. The number of esters is 1. The van der Waals surface area contributed by atoms with Gasteiger partial charge in [0.2, 0.25) is 6.29 Å². The minimum atomic E-state index is -1.24. The van der Waals surface area contributed by atoms with Crippen LogP contribution in [0.3, 0.4) is 0 Å². The molecule has 0 radical (unpaired) electrons. The third kappa shape index (κ3) is 1.77. The van der Waals surface area contributed by atoms with Gasteiger partial charge >= 0.3 is 5.97 Å². The Morgan fingerprint density at radius 1 is 1.64 bits per heavy atom. The van der Waals surface area contributed by atoms with Gasteiger partial charge in [-0.05, 0) is 0 Å². The highest BCUT2D eigenvalue weighted by molar-refractivity contribution is 9.24. The second-order valence-corrected chi connectivity index (χ2v) is 5.27. The fourth-order valence-corrected chi connectivity index (χ4v) is 2.07. The predicted octanol–water partition coefficient (Wildman–Crippen LogP) is 1.47. The number of aliphatic hydroxyl groups is 1. The summed E-state index contributed by atoms with van der Waals surface area (Å²) in [6, 6.07) is 0. The summed E-state index contributed by atoms with van der Waals surface area (Å²) in [6.45, 7) is 0. The molecule has 11 heavy (non-hydrogen) atoms. The Kier molecular flexibility index (Phi) is 2.96. The van der Waals surface area contributed by atoms with Gasteiger partial charge in [-0.1, -0.05) is 43.5 Å². The summed E-state index contributed by atoms with van der Waals surface area (Å²) in [4.78, 5) is 10.7. The van der Waals surface area contributed by atoms with Gasteiger partial charge in [0.15, 0.2) is 0 Å². The monoisotopic (exact) mass is 304 g/mol. The number of halogens is 3. The van der Waals surface area contributed by atoms with Crippen molar-refractivity contribution in [3.8, 4) is 0 Å². The van der Waals surface area contributed by atoms with E-state index in [9.17, 15) is 4.79 Å². The first kappa shape index (κ1) is 9.51. The maximum absolute atomic E-state index is 10.7. The molecular formula is C5H3Br2ClO3. The molecule has 0 saturated heterocycles. The first-order valence-electron chi connectivity index (χ1n) is 2.60. The van der Waals surface area contributed by atoms with Crippen molar-refractivity contribution < 1.29 is 14.6 Å². The highest BCUT2D eigenvalue weighted by atomic mass is 79.9. The molecule has 0 bridgehead atoms. The molecule has 62 valence electrons. The average Bonchev–Trinajstić information content (AvgIpc) is 2.07. The van der Waals surface area contributed by atoms with Gasteiger partial charge in [0, 0.05) is 5.57 Å². The molecule has 3 nitrogen and oxygen atoms in total. The molecule has 0 saturated carbocycles. The summed E-state index contributed by atoms with van der Waals surface area (Å²) >= 11 is 11.7. The Bertz CT molecular complexity index is 226. The van der Waals surface area contributed by atoms with Crippen LogP contribution < -0.4 is 0 Å². The van der Waals surface area contributed by atoms with Crippen LogP contribution in [0.5, 0.6) is 0 Å². The summed E-state index contributed by atoms with van der Waals surface area (Å²) in [5.74, 6) is -0.696. The van der Waals surface area contributed by atoms with Gasteiger partial charge in [-0.2, -0.15) is 0 Å². The van der Waals surface area contributed by atoms with E-state index in [4.69, 9.17) is 16.7 Å². The number of alkyl halides is 2. The van der Waals surface area contributed by atoms with Gasteiger partial charge in [-0.15, -0.1) is 0 Å². The lowest BCUT2D eigenvalue weighted by Gasteiger charge is -2.06. The molecule has 0 aliphatic carbocycles. The van der Waals surface area contributed by atoms with E-state index in [1.54, 1.807) is 0 Å². The summed E-state index contributed by atoms with van der Waals surface area (Å²) < 4.78 is 4.05. The second kappa shape index (κ2) is 3.43. The van der Waals surface area contributed by atoms with E-state index in [0.29, 0.717) is 5.57 Å². The number of hydrogen-bond donors (Lipinski definition) is 1. The number of carbonyl (C=O) groups is 1. The summed E-state index contributed by atoms with van der Waals surface area (Å²) in [5.41, 5.74) is 0.302. The van der Waals surface area contributed by atoms with Crippen molar-refractivity contribution in [2.45, 2.75) is 10.0 Å². The van der Waals surface area contributed by atoms with Crippen molar-refractivity contribution in [2.24, 2.45) is 0 Å². The molecule has 0 aromatic rings. The topological polar surface area (TPSA) is 46.5 Å². The third-order valence-electron chi connectivity index (χ3n) is 1.15. The largest absolute Gasteiger partial charge is 0.427 e. The van der Waals surface area contributed by atoms with Crippen LogP contribution in [0.2, 0.25) is 0 Å². The van der Waals surface area contributed by atoms with Crippen LogP contribution in [0.1, 0.15) is 0 Å². The van der Waals surface area contributed by atoms with Crippen LogP contribution in [-0.2, 0) is 9.53 Å². The first-order valence-corrected chi connectivity index (χ1v) is 4.81. The lowest BCUT2D eigenvalue weighted by Crippen LogP contribution is -2.13. The van der Waals surface area contributed by atoms with Crippen LogP contribution in [0.4, 0.5) is 0 Å². The van der Waals surface area contributed by atoms with Crippen molar-refractivity contribution in [1.82, 2.24) is 0 Å². The van der Waals surface area contributed by atoms with Gasteiger partial charge in [0.1, 0.15) is 5.03 Å². The zero-order chi connectivity index (χ0) is 8.59. The van der Waals surface area contributed by atoms with E-state index < -0.39 is 12.3 Å². The molecule has 1 heterocycles. The molecule has 1 aliphatic heterocycles. The number of aliphatic hydroxyl groups excluding tert-OH is 1. The molecule has 0 aromatic carbocycles. The van der Waals surface area contributed by atoms with Gasteiger partial charge < -0.3 is 9.84 Å². The molecule has 0 fully saturated rings. The number of hydrogen-bond acceptors (Lipinski definition) is 3. The quantitative estimate of drug-likeness (QED) is 0.589. The molecule has 0 spiro atoms. The van der Waals surface area contributed by atoms with E-state index in [-0.39, 0.29) is 8.77 Å². The maximum Gasteiger partial charge on any atom is 0.352 e. The first-order chi connectivity index (χ1) is 5.04.